The van der Waals surface area contributed by atoms with Crippen molar-refractivity contribution in [2.45, 2.75) is 118 Å². The molecule has 242 valence electrons. The summed E-state index contributed by atoms with van der Waals surface area (Å²) in [4.78, 5) is 65.8. The van der Waals surface area contributed by atoms with Crippen molar-refractivity contribution in [3.05, 3.63) is 34.9 Å². The number of carbonyl (C=O) groups excluding carboxylic acids is 5. The number of esters is 4. The highest BCUT2D eigenvalue weighted by molar-refractivity contribution is 5.96. The molecule has 1 aliphatic heterocycles. The molecule has 44 heavy (non-hydrogen) atoms. The Kier molecular flexibility index (Phi) is 8.85. The molecule has 0 aromatic carbocycles. The molecule has 0 radical (unpaired) electrons. The summed E-state index contributed by atoms with van der Waals surface area (Å²) < 4.78 is 30.4. The van der Waals surface area contributed by atoms with Crippen LogP contribution < -0.4 is 0 Å². The highest BCUT2D eigenvalue weighted by Crippen LogP contribution is 2.69. The first-order valence-electron chi connectivity index (χ1n) is 15.4. The maximum absolute atomic E-state index is 14.5. The molecule has 10 atom stereocenters. The van der Waals surface area contributed by atoms with Crippen molar-refractivity contribution in [3.8, 4) is 0 Å². The third-order valence-corrected chi connectivity index (χ3v) is 10.3. The summed E-state index contributed by atoms with van der Waals surface area (Å²) in [7, 11) is 0. The Morgan fingerprint density at radius 3 is 1.89 bits per heavy atom. The van der Waals surface area contributed by atoms with Crippen molar-refractivity contribution in [1.82, 2.24) is 0 Å². The average molecular weight is 615 g/mol. The second-order valence-electron chi connectivity index (χ2n) is 13.6. The van der Waals surface area contributed by atoms with Crippen LogP contribution in [0.1, 0.15) is 82.6 Å². The van der Waals surface area contributed by atoms with Crippen molar-refractivity contribution < 1.29 is 47.7 Å². The van der Waals surface area contributed by atoms with Crippen LogP contribution >= 0.6 is 0 Å². The van der Waals surface area contributed by atoms with Gasteiger partial charge in [-0.05, 0) is 64.0 Å². The highest BCUT2D eigenvalue weighted by Gasteiger charge is 2.84. The molecule has 10 heteroatoms. The summed E-state index contributed by atoms with van der Waals surface area (Å²) in [6.07, 6.45) is 1.49. The summed E-state index contributed by atoms with van der Waals surface area (Å²) in [6, 6.07) is 0. The van der Waals surface area contributed by atoms with Crippen LogP contribution in [0.2, 0.25) is 0 Å². The van der Waals surface area contributed by atoms with Crippen LogP contribution in [-0.4, -0.2) is 65.3 Å². The molecule has 0 aromatic rings. The Balaban J connectivity index is 1.98. The van der Waals surface area contributed by atoms with Gasteiger partial charge in [0.2, 0.25) is 0 Å². The van der Waals surface area contributed by atoms with E-state index >= 15 is 0 Å². The number of hydrogen-bond acceptors (Lipinski definition) is 10. The molecule has 0 N–H and O–H groups in total. The molecule has 1 heterocycles. The van der Waals surface area contributed by atoms with E-state index in [0.29, 0.717) is 16.7 Å². The number of allylic oxidation sites excluding steroid dienone is 2. The standard InChI is InChI=1S/C34H46O10/c1-12-16(3)30(38)42-25-18(5)14-34-29(41-22(9)36)19(6)15-33(34,44-34)28(37)20(7)26(40-21(8)35)23-24(32(23,10)11)27(25)43-31(39)17(4)13-2/h12-14,19-20,23-27,29H,15H2,1-11H3. The van der Waals surface area contributed by atoms with Crippen molar-refractivity contribution in [2.24, 2.45) is 29.1 Å². The zero-order valence-corrected chi connectivity index (χ0v) is 27.6. The van der Waals surface area contributed by atoms with Crippen LogP contribution in [0.25, 0.3) is 0 Å². The third kappa shape index (κ3) is 5.33. The first-order chi connectivity index (χ1) is 20.4. The summed E-state index contributed by atoms with van der Waals surface area (Å²) in [5, 5.41) is 0. The largest absolute Gasteiger partial charge is 0.461 e. The Labute approximate surface area is 259 Å². The molecule has 2 saturated carbocycles. The monoisotopic (exact) mass is 614 g/mol. The lowest BCUT2D eigenvalue weighted by Crippen LogP contribution is -2.43. The van der Waals surface area contributed by atoms with Gasteiger partial charge in [0.05, 0.1) is 5.92 Å². The van der Waals surface area contributed by atoms with Crippen LogP contribution in [0.3, 0.4) is 0 Å². The SMILES string of the molecule is CC=C(C)C(=O)OC1C(C)=CC23OC2(CC(C)C3OC(C)=O)C(=O)C(C)C(OC(C)=O)C2C(C1OC(=O)C(C)=CC)C2(C)C. The second-order valence-corrected chi connectivity index (χ2v) is 13.6. The normalized spacial score (nSPS) is 39.3. The van der Waals surface area contributed by atoms with Gasteiger partial charge in [0.1, 0.15) is 18.3 Å². The van der Waals surface area contributed by atoms with E-state index < -0.39 is 82.7 Å². The molecule has 0 bridgehead atoms. The smallest absolute Gasteiger partial charge is 0.334 e. The van der Waals surface area contributed by atoms with Gasteiger partial charge in [-0.2, -0.15) is 0 Å². The van der Waals surface area contributed by atoms with Gasteiger partial charge in [-0.1, -0.05) is 39.8 Å². The summed E-state index contributed by atoms with van der Waals surface area (Å²) in [6.45, 7) is 18.6. The van der Waals surface area contributed by atoms with Gasteiger partial charge in [0, 0.05) is 36.8 Å². The molecule has 0 aromatic heterocycles. The van der Waals surface area contributed by atoms with Crippen LogP contribution in [0, 0.1) is 29.1 Å². The summed E-state index contributed by atoms with van der Waals surface area (Å²) in [5.74, 6) is -4.43. The third-order valence-electron chi connectivity index (χ3n) is 10.3. The van der Waals surface area contributed by atoms with Gasteiger partial charge in [-0.25, -0.2) is 9.59 Å². The Morgan fingerprint density at radius 2 is 1.36 bits per heavy atom. The number of hydrogen-bond donors (Lipinski definition) is 0. The minimum absolute atomic E-state index is 0.245. The van der Waals surface area contributed by atoms with Crippen molar-refractivity contribution in [1.29, 1.82) is 0 Å². The van der Waals surface area contributed by atoms with E-state index in [4.69, 9.17) is 23.7 Å². The van der Waals surface area contributed by atoms with Gasteiger partial charge >= 0.3 is 23.9 Å². The lowest BCUT2D eigenvalue weighted by Gasteiger charge is -2.31. The molecular weight excluding hydrogens is 568 g/mol. The fourth-order valence-corrected chi connectivity index (χ4v) is 7.68. The molecule has 3 aliphatic carbocycles. The van der Waals surface area contributed by atoms with Crippen LogP contribution in [0.5, 0.6) is 0 Å². The van der Waals surface area contributed by atoms with E-state index in [1.807, 2.05) is 20.8 Å². The fourth-order valence-electron chi connectivity index (χ4n) is 7.68. The Hall–Kier alpha value is -3.27. The number of ether oxygens (including phenoxy) is 5. The molecule has 1 saturated heterocycles. The molecule has 4 rings (SSSR count). The van der Waals surface area contributed by atoms with Crippen molar-refractivity contribution in [3.63, 3.8) is 0 Å². The molecule has 3 fully saturated rings. The van der Waals surface area contributed by atoms with Crippen LogP contribution in [0.15, 0.2) is 34.9 Å². The first kappa shape index (κ1) is 33.6. The molecule has 0 spiro atoms. The Morgan fingerprint density at radius 1 is 0.841 bits per heavy atom. The summed E-state index contributed by atoms with van der Waals surface area (Å²) in [5.41, 5.74) is -2.05. The predicted octanol–water partition coefficient (Wildman–Crippen LogP) is 4.59. The van der Waals surface area contributed by atoms with Gasteiger partial charge in [0.15, 0.2) is 23.1 Å². The summed E-state index contributed by atoms with van der Waals surface area (Å²) >= 11 is 0. The maximum Gasteiger partial charge on any atom is 0.334 e. The van der Waals surface area contributed by atoms with Gasteiger partial charge < -0.3 is 23.7 Å². The fraction of sp³-hybridized carbons (Fsp3) is 0.676. The van der Waals surface area contributed by atoms with E-state index in [1.165, 1.54) is 13.8 Å². The average Bonchev–Trinajstić information content (AvgIpc) is 3.74. The molecule has 10 nitrogen and oxygen atoms in total. The predicted molar refractivity (Wildman–Crippen MR) is 159 cm³/mol. The highest BCUT2D eigenvalue weighted by atomic mass is 16.7. The van der Waals surface area contributed by atoms with E-state index in [9.17, 15) is 24.0 Å². The molecule has 10 unspecified atom stereocenters. The van der Waals surface area contributed by atoms with Crippen molar-refractivity contribution >= 4 is 29.7 Å². The van der Waals surface area contributed by atoms with E-state index in [0.717, 1.165) is 0 Å². The van der Waals surface area contributed by atoms with Crippen LogP contribution in [0.4, 0.5) is 0 Å². The number of Topliss-reactive ketones (excluding diaryl/α,β-unsaturated/α-hetero) is 1. The minimum Gasteiger partial charge on any atom is -0.461 e. The van der Waals surface area contributed by atoms with E-state index in [-0.39, 0.29) is 18.1 Å². The minimum atomic E-state index is -1.34. The molecule has 0 amide bonds. The van der Waals surface area contributed by atoms with Crippen LogP contribution in [-0.2, 0) is 47.7 Å². The number of fused-ring (bicyclic) bond motifs is 1. The topological polar surface area (TPSA) is 135 Å². The number of carbonyl (C=O) groups is 5. The van der Waals surface area contributed by atoms with Gasteiger partial charge in [-0.3, -0.25) is 14.4 Å². The van der Waals surface area contributed by atoms with E-state index in [1.54, 1.807) is 59.8 Å². The lowest BCUT2D eigenvalue weighted by atomic mass is 9.80. The zero-order valence-electron chi connectivity index (χ0n) is 27.6. The number of rotatable bonds is 6. The zero-order chi connectivity index (χ0) is 33.1. The van der Waals surface area contributed by atoms with Crippen molar-refractivity contribution in [2.75, 3.05) is 0 Å². The second kappa shape index (κ2) is 11.6. The van der Waals surface area contributed by atoms with Gasteiger partial charge in [-0.15, -0.1) is 0 Å². The lowest BCUT2D eigenvalue weighted by molar-refractivity contribution is -0.164. The maximum atomic E-state index is 14.5. The van der Waals surface area contributed by atoms with Gasteiger partial charge in [0.25, 0.3) is 0 Å². The molecular formula is C34H46O10. The Bertz CT molecular complexity index is 1350. The van der Waals surface area contributed by atoms with E-state index in [2.05, 4.69) is 0 Å². The first-order valence-corrected chi connectivity index (χ1v) is 15.4. The molecule has 4 aliphatic rings. The number of ketones is 1. The quantitative estimate of drug-likeness (QED) is 0.137. The number of epoxide rings is 1.